The van der Waals surface area contributed by atoms with Crippen molar-refractivity contribution in [1.29, 1.82) is 0 Å². The predicted molar refractivity (Wildman–Crippen MR) is 107 cm³/mol. The first-order chi connectivity index (χ1) is 12.9. The minimum atomic E-state index is -0.556. The fourth-order valence-electron chi connectivity index (χ4n) is 6.42. The Morgan fingerprint density at radius 2 is 1.48 bits per heavy atom. The van der Waals surface area contributed by atoms with Gasteiger partial charge in [-0.1, -0.05) is 32.0 Å². The SMILES string of the molecule is CC(C)c1ccccc1NC(=O)C(=O)NC(C)C12CC3CC(CC(C3)C1)C2. The molecule has 5 rings (SSSR count). The van der Waals surface area contributed by atoms with E-state index in [2.05, 4.69) is 31.4 Å². The topological polar surface area (TPSA) is 58.2 Å². The van der Waals surface area contributed by atoms with Gasteiger partial charge in [0.15, 0.2) is 0 Å². The Hall–Kier alpha value is -1.84. The van der Waals surface area contributed by atoms with Gasteiger partial charge in [-0.05, 0) is 86.2 Å². The summed E-state index contributed by atoms with van der Waals surface area (Å²) in [6.07, 6.45) is 7.81. The van der Waals surface area contributed by atoms with E-state index in [1.54, 1.807) is 0 Å². The van der Waals surface area contributed by atoms with E-state index in [1.165, 1.54) is 38.5 Å². The van der Waals surface area contributed by atoms with E-state index in [9.17, 15) is 9.59 Å². The Morgan fingerprint density at radius 1 is 0.926 bits per heavy atom. The summed E-state index contributed by atoms with van der Waals surface area (Å²) in [6, 6.07) is 7.76. The smallest absolute Gasteiger partial charge is 0.313 e. The lowest BCUT2D eigenvalue weighted by Crippen LogP contribution is -2.57. The number of anilines is 1. The standard InChI is InChI=1S/C23H32N2O2/c1-14(2)19-6-4-5-7-20(19)25-22(27)21(26)24-15(3)23-11-16-8-17(12-23)10-18(9-16)13-23/h4-7,14-18H,8-13H2,1-3H3,(H,24,26)(H,25,27). The molecule has 1 atom stereocenters. The van der Waals surface area contributed by atoms with Crippen LogP contribution in [0.3, 0.4) is 0 Å². The van der Waals surface area contributed by atoms with Gasteiger partial charge in [0, 0.05) is 11.7 Å². The van der Waals surface area contributed by atoms with Gasteiger partial charge in [0.05, 0.1) is 0 Å². The van der Waals surface area contributed by atoms with Crippen LogP contribution in [0.25, 0.3) is 0 Å². The molecular weight excluding hydrogens is 336 g/mol. The van der Waals surface area contributed by atoms with Gasteiger partial charge in [0.25, 0.3) is 0 Å². The maximum absolute atomic E-state index is 12.6. The molecule has 1 aromatic rings. The number of para-hydroxylation sites is 1. The van der Waals surface area contributed by atoms with Crippen LogP contribution in [0.15, 0.2) is 24.3 Å². The number of hydrogen-bond acceptors (Lipinski definition) is 2. The van der Waals surface area contributed by atoms with Crippen molar-refractivity contribution in [2.75, 3.05) is 5.32 Å². The molecule has 27 heavy (non-hydrogen) atoms. The predicted octanol–water partition coefficient (Wildman–Crippen LogP) is 4.47. The van der Waals surface area contributed by atoms with Crippen LogP contribution in [0.2, 0.25) is 0 Å². The second-order valence-corrected chi connectivity index (χ2v) is 9.67. The normalized spacial score (nSPS) is 32.4. The summed E-state index contributed by atoms with van der Waals surface area (Å²) in [4.78, 5) is 25.1. The van der Waals surface area contributed by atoms with Crippen LogP contribution in [-0.4, -0.2) is 17.9 Å². The lowest BCUT2D eigenvalue weighted by molar-refractivity contribution is -0.138. The van der Waals surface area contributed by atoms with E-state index in [1.807, 2.05) is 24.3 Å². The molecule has 4 bridgehead atoms. The van der Waals surface area contributed by atoms with Crippen LogP contribution in [0.1, 0.15) is 70.8 Å². The van der Waals surface area contributed by atoms with Crippen LogP contribution >= 0.6 is 0 Å². The van der Waals surface area contributed by atoms with Crippen molar-refractivity contribution >= 4 is 17.5 Å². The molecule has 4 nitrogen and oxygen atoms in total. The van der Waals surface area contributed by atoms with Gasteiger partial charge in [-0.15, -0.1) is 0 Å². The van der Waals surface area contributed by atoms with Gasteiger partial charge < -0.3 is 10.6 Å². The van der Waals surface area contributed by atoms with Gasteiger partial charge in [-0.2, -0.15) is 0 Å². The zero-order chi connectivity index (χ0) is 19.2. The summed E-state index contributed by atoms with van der Waals surface area (Å²) in [6.45, 7) is 6.28. The quantitative estimate of drug-likeness (QED) is 0.771. The molecule has 4 saturated carbocycles. The first-order valence-electron chi connectivity index (χ1n) is 10.6. The molecule has 4 heteroatoms. The average Bonchev–Trinajstić information content (AvgIpc) is 2.60. The third kappa shape index (κ3) is 3.51. The van der Waals surface area contributed by atoms with Crippen LogP contribution in [0, 0.1) is 23.2 Å². The van der Waals surface area contributed by atoms with Gasteiger partial charge in [0.2, 0.25) is 0 Å². The molecule has 0 spiro atoms. The van der Waals surface area contributed by atoms with Crippen molar-refractivity contribution < 1.29 is 9.59 Å². The van der Waals surface area contributed by atoms with Gasteiger partial charge in [-0.25, -0.2) is 0 Å². The average molecular weight is 369 g/mol. The summed E-state index contributed by atoms with van der Waals surface area (Å²) < 4.78 is 0. The zero-order valence-electron chi connectivity index (χ0n) is 16.8. The Kier molecular flexibility index (Phi) is 4.77. The molecule has 0 heterocycles. The molecule has 146 valence electrons. The van der Waals surface area contributed by atoms with Crippen molar-refractivity contribution in [2.45, 2.75) is 71.3 Å². The summed E-state index contributed by atoms with van der Waals surface area (Å²) in [5, 5.41) is 5.87. The van der Waals surface area contributed by atoms with Crippen molar-refractivity contribution in [1.82, 2.24) is 5.32 Å². The molecule has 2 amide bonds. The second-order valence-electron chi connectivity index (χ2n) is 9.67. The summed E-state index contributed by atoms with van der Waals surface area (Å²) in [7, 11) is 0. The van der Waals surface area contributed by atoms with Crippen LogP contribution in [-0.2, 0) is 9.59 Å². The molecule has 4 aliphatic carbocycles. The van der Waals surface area contributed by atoms with Gasteiger partial charge in [0.1, 0.15) is 0 Å². The molecule has 1 aromatic carbocycles. The summed E-state index contributed by atoms with van der Waals surface area (Å²) in [5.41, 5.74) is 1.99. The van der Waals surface area contributed by atoms with Gasteiger partial charge >= 0.3 is 11.8 Å². The van der Waals surface area contributed by atoms with E-state index in [0.29, 0.717) is 0 Å². The highest BCUT2D eigenvalue weighted by Crippen LogP contribution is 2.61. The van der Waals surface area contributed by atoms with E-state index < -0.39 is 11.8 Å². The van der Waals surface area contributed by atoms with Crippen LogP contribution in [0.4, 0.5) is 5.69 Å². The fraction of sp³-hybridized carbons (Fsp3) is 0.652. The molecule has 1 unspecified atom stereocenters. The molecule has 2 N–H and O–H groups in total. The summed E-state index contributed by atoms with van der Waals surface area (Å²) in [5.74, 6) is 1.74. The molecule has 4 aliphatic rings. The highest BCUT2D eigenvalue weighted by Gasteiger charge is 2.53. The second kappa shape index (κ2) is 6.96. The van der Waals surface area contributed by atoms with Gasteiger partial charge in [-0.3, -0.25) is 9.59 Å². The summed E-state index contributed by atoms with van der Waals surface area (Å²) >= 11 is 0. The Balaban J connectivity index is 1.41. The number of hydrogen-bond donors (Lipinski definition) is 2. The molecular formula is C23H32N2O2. The minimum absolute atomic E-state index is 0.0597. The minimum Gasteiger partial charge on any atom is -0.345 e. The molecule has 0 radical (unpaired) electrons. The number of rotatable bonds is 4. The monoisotopic (exact) mass is 368 g/mol. The van der Waals surface area contributed by atoms with Crippen LogP contribution in [0.5, 0.6) is 0 Å². The Labute approximate surface area is 162 Å². The van der Waals surface area contributed by atoms with Crippen LogP contribution < -0.4 is 10.6 Å². The molecule has 0 aromatic heterocycles. The highest BCUT2D eigenvalue weighted by atomic mass is 16.2. The zero-order valence-corrected chi connectivity index (χ0v) is 16.8. The third-order valence-corrected chi connectivity index (χ3v) is 7.39. The number of nitrogens with one attached hydrogen (secondary N) is 2. The molecule has 0 saturated heterocycles. The lowest BCUT2D eigenvalue weighted by Gasteiger charge is -2.59. The largest absolute Gasteiger partial charge is 0.345 e. The Bertz CT molecular complexity index is 704. The maximum atomic E-state index is 12.6. The van der Waals surface area contributed by atoms with Crippen molar-refractivity contribution in [3.8, 4) is 0 Å². The number of carbonyl (C=O) groups is 2. The highest BCUT2D eigenvalue weighted by molar-refractivity contribution is 6.39. The molecule has 4 fully saturated rings. The van der Waals surface area contributed by atoms with E-state index in [4.69, 9.17) is 0 Å². The Morgan fingerprint density at radius 3 is 2.04 bits per heavy atom. The number of amides is 2. The number of benzene rings is 1. The van der Waals surface area contributed by atoms with E-state index in [-0.39, 0.29) is 17.4 Å². The van der Waals surface area contributed by atoms with Crippen molar-refractivity contribution in [2.24, 2.45) is 23.2 Å². The lowest BCUT2D eigenvalue weighted by atomic mass is 9.48. The first kappa shape index (κ1) is 18.5. The fourth-order valence-corrected chi connectivity index (χ4v) is 6.42. The van der Waals surface area contributed by atoms with Crippen molar-refractivity contribution in [3.05, 3.63) is 29.8 Å². The molecule has 0 aliphatic heterocycles. The van der Waals surface area contributed by atoms with E-state index in [0.717, 1.165) is 29.0 Å². The number of carbonyl (C=O) groups excluding carboxylic acids is 2. The van der Waals surface area contributed by atoms with Crippen molar-refractivity contribution in [3.63, 3.8) is 0 Å². The first-order valence-corrected chi connectivity index (χ1v) is 10.6. The van der Waals surface area contributed by atoms with E-state index >= 15 is 0 Å². The third-order valence-electron chi connectivity index (χ3n) is 7.39. The maximum Gasteiger partial charge on any atom is 0.313 e.